The molecule has 2 rings (SSSR count). The third-order valence-corrected chi connectivity index (χ3v) is 3.79. The second-order valence-corrected chi connectivity index (χ2v) is 5.07. The van der Waals surface area contributed by atoms with Crippen molar-refractivity contribution in [1.29, 1.82) is 0 Å². The summed E-state index contributed by atoms with van der Waals surface area (Å²) >= 11 is 2.07. The van der Waals surface area contributed by atoms with Gasteiger partial charge < -0.3 is 5.73 Å². The molecule has 0 atom stereocenters. The molecule has 0 unspecified atom stereocenters. The van der Waals surface area contributed by atoms with Gasteiger partial charge in [0.05, 0.1) is 5.69 Å². The van der Waals surface area contributed by atoms with E-state index in [0.717, 1.165) is 18.0 Å². The minimum atomic E-state index is 0.563. The summed E-state index contributed by atoms with van der Waals surface area (Å²) in [6.45, 7) is 0.563. The van der Waals surface area contributed by atoms with E-state index >= 15 is 0 Å². The highest BCUT2D eigenvalue weighted by Crippen LogP contribution is 2.25. The number of rotatable bonds is 3. The number of nitrogens with two attached hydrogens (primary N) is 1. The van der Waals surface area contributed by atoms with E-state index in [9.17, 15) is 0 Å². The zero-order valence-corrected chi connectivity index (χ0v) is 9.15. The molecule has 1 aromatic heterocycles. The lowest BCUT2D eigenvalue weighted by Gasteiger charge is -2.19. The van der Waals surface area contributed by atoms with E-state index in [4.69, 9.17) is 5.73 Å². The fraction of sp³-hybridized carbons (Fsp3) is 0.700. The Kier molecular flexibility index (Phi) is 3.48. The average molecular weight is 211 g/mol. The first-order chi connectivity index (χ1) is 6.88. The summed E-state index contributed by atoms with van der Waals surface area (Å²) in [5, 5.41) is 7.23. The topological polar surface area (TPSA) is 54.7 Å². The van der Waals surface area contributed by atoms with Crippen LogP contribution in [0.25, 0.3) is 0 Å². The standard InChI is InChI=1S/C10H17N3S/c11-7-10-6-9(12-13-10)5-8-1-3-14-4-2-8/h6,8H,1-5,7,11H2,(H,12,13). The third-order valence-electron chi connectivity index (χ3n) is 2.74. The van der Waals surface area contributed by atoms with E-state index in [0.29, 0.717) is 6.54 Å². The maximum absolute atomic E-state index is 5.52. The largest absolute Gasteiger partial charge is 0.325 e. The number of hydrogen-bond acceptors (Lipinski definition) is 3. The van der Waals surface area contributed by atoms with Crippen LogP contribution in [-0.2, 0) is 13.0 Å². The monoisotopic (exact) mass is 211 g/mol. The third kappa shape index (κ3) is 2.51. The second-order valence-electron chi connectivity index (χ2n) is 3.85. The number of thioether (sulfide) groups is 1. The maximum atomic E-state index is 5.52. The highest BCUT2D eigenvalue weighted by molar-refractivity contribution is 7.99. The second kappa shape index (κ2) is 4.84. The Balaban J connectivity index is 1.89. The van der Waals surface area contributed by atoms with Crippen LogP contribution in [0.1, 0.15) is 24.2 Å². The minimum Gasteiger partial charge on any atom is -0.325 e. The number of aromatic amines is 1. The summed E-state index contributed by atoms with van der Waals surface area (Å²) < 4.78 is 0. The average Bonchev–Trinajstić information content (AvgIpc) is 2.67. The molecule has 1 aliphatic heterocycles. The molecular weight excluding hydrogens is 194 g/mol. The lowest BCUT2D eigenvalue weighted by Crippen LogP contribution is -2.12. The van der Waals surface area contributed by atoms with Crippen molar-refractivity contribution in [1.82, 2.24) is 10.2 Å². The van der Waals surface area contributed by atoms with Crippen LogP contribution in [0.15, 0.2) is 6.07 Å². The molecule has 0 amide bonds. The highest BCUT2D eigenvalue weighted by Gasteiger charge is 2.15. The first kappa shape index (κ1) is 10.1. The van der Waals surface area contributed by atoms with Crippen molar-refractivity contribution < 1.29 is 0 Å². The van der Waals surface area contributed by atoms with E-state index in [1.165, 1.54) is 30.0 Å². The molecular formula is C10H17N3S. The van der Waals surface area contributed by atoms with Gasteiger partial charge in [-0.3, -0.25) is 5.10 Å². The fourth-order valence-corrected chi connectivity index (χ4v) is 3.07. The molecule has 0 aromatic carbocycles. The van der Waals surface area contributed by atoms with Gasteiger partial charge in [-0.1, -0.05) is 0 Å². The number of aromatic nitrogens is 2. The molecule has 2 heterocycles. The quantitative estimate of drug-likeness (QED) is 0.797. The van der Waals surface area contributed by atoms with Crippen LogP contribution in [0.2, 0.25) is 0 Å². The van der Waals surface area contributed by atoms with Crippen molar-refractivity contribution in [2.75, 3.05) is 11.5 Å². The van der Waals surface area contributed by atoms with Crippen molar-refractivity contribution in [2.45, 2.75) is 25.8 Å². The summed E-state index contributed by atoms with van der Waals surface area (Å²) in [6, 6.07) is 2.10. The number of H-pyrrole nitrogens is 1. The Morgan fingerprint density at radius 3 is 2.93 bits per heavy atom. The molecule has 1 fully saturated rings. The zero-order valence-electron chi connectivity index (χ0n) is 8.33. The van der Waals surface area contributed by atoms with Crippen LogP contribution in [-0.4, -0.2) is 21.7 Å². The van der Waals surface area contributed by atoms with Crippen LogP contribution in [0.4, 0.5) is 0 Å². The molecule has 1 aliphatic rings. The van der Waals surface area contributed by atoms with Crippen molar-refractivity contribution in [2.24, 2.45) is 11.7 Å². The van der Waals surface area contributed by atoms with E-state index in [1.807, 2.05) is 0 Å². The SMILES string of the molecule is NCc1cc(CC2CCSCC2)n[nH]1. The first-order valence-electron chi connectivity index (χ1n) is 5.19. The predicted molar refractivity (Wildman–Crippen MR) is 60.2 cm³/mol. The summed E-state index contributed by atoms with van der Waals surface area (Å²) in [4.78, 5) is 0. The molecule has 0 saturated carbocycles. The van der Waals surface area contributed by atoms with Gasteiger partial charge in [0.2, 0.25) is 0 Å². The fourth-order valence-electron chi connectivity index (χ4n) is 1.86. The van der Waals surface area contributed by atoms with Gasteiger partial charge in [0, 0.05) is 12.2 Å². The molecule has 78 valence electrons. The Labute approximate surface area is 88.8 Å². The zero-order chi connectivity index (χ0) is 9.80. The van der Waals surface area contributed by atoms with Crippen molar-refractivity contribution in [3.05, 3.63) is 17.5 Å². The highest BCUT2D eigenvalue weighted by atomic mass is 32.2. The molecule has 14 heavy (non-hydrogen) atoms. The van der Waals surface area contributed by atoms with Crippen LogP contribution in [0.3, 0.4) is 0 Å². The normalized spacial score (nSPS) is 18.6. The Hall–Kier alpha value is -0.480. The molecule has 3 nitrogen and oxygen atoms in total. The van der Waals surface area contributed by atoms with Crippen molar-refractivity contribution in [3.8, 4) is 0 Å². The predicted octanol–water partition coefficient (Wildman–Crippen LogP) is 1.55. The van der Waals surface area contributed by atoms with Crippen LogP contribution in [0, 0.1) is 5.92 Å². The van der Waals surface area contributed by atoms with Crippen LogP contribution < -0.4 is 5.73 Å². The van der Waals surface area contributed by atoms with Crippen LogP contribution in [0.5, 0.6) is 0 Å². The molecule has 1 aromatic rings. The van der Waals surface area contributed by atoms with Crippen LogP contribution >= 0.6 is 11.8 Å². The lowest BCUT2D eigenvalue weighted by molar-refractivity contribution is 0.482. The summed E-state index contributed by atoms with van der Waals surface area (Å²) in [5.41, 5.74) is 7.75. The Morgan fingerprint density at radius 2 is 2.29 bits per heavy atom. The van der Waals surface area contributed by atoms with Gasteiger partial charge in [-0.15, -0.1) is 0 Å². The molecule has 3 N–H and O–H groups in total. The Bertz CT molecular complexity index is 279. The smallest absolute Gasteiger partial charge is 0.0628 e. The molecule has 0 aliphatic carbocycles. The molecule has 4 heteroatoms. The van der Waals surface area contributed by atoms with Gasteiger partial charge in [0.1, 0.15) is 0 Å². The molecule has 0 bridgehead atoms. The number of nitrogens with one attached hydrogen (secondary N) is 1. The lowest BCUT2D eigenvalue weighted by atomic mass is 9.97. The van der Waals surface area contributed by atoms with Crippen molar-refractivity contribution >= 4 is 11.8 Å². The maximum Gasteiger partial charge on any atom is 0.0628 e. The van der Waals surface area contributed by atoms with Gasteiger partial charge >= 0.3 is 0 Å². The van der Waals surface area contributed by atoms with Gasteiger partial charge in [0.25, 0.3) is 0 Å². The van der Waals surface area contributed by atoms with E-state index in [1.54, 1.807) is 0 Å². The summed E-state index contributed by atoms with van der Waals surface area (Å²) in [6.07, 6.45) is 3.81. The van der Waals surface area contributed by atoms with E-state index in [2.05, 4.69) is 28.0 Å². The minimum absolute atomic E-state index is 0.563. The summed E-state index contributed by atoms with van der Waals surface area (Å²) in [5.74, 6) is 3.47. The number of nitrogens with zero attached hydrogens (tertiary/aromatic N) is 1. The Morgan fingerprint density at radius 1 is 1.50 bits per heavy atom. The molecule has 0 spiro atoms. The van der Waals surface area contributed by atoms with Crippen molar-refractivity contribution in [3.63, 3.8) is 0 Å². The van der Waals surface area contributed by atoms with Gasteiger partial charge in [-0.05, 0) is 42.8 Å². The first-order valence-corrected chi connectivity index (χ1v) is 6.35. The molecule has 1 saturated heterocycles. The van der Waals surface area contributed by atoms with E-state index in [-0.39, 0.29) is 0 Å². The van der Waals surface area contributed by atoms with E-state index < -0.39 is 0 Å². The van der Waals surface area contributed by atoms with Gasteiger partial charge in [-0.2, -0.15) is 16.9 Å². The molecule has 0 radical (unpaired) electrons. The number of hydrogen-bond donors (Lipinski definition) is 2. The van der Waals surface area contributed by atoms with Gasteiger partial charge in [-0.25, -0.2) is 0 Å². The van der Waals surface area contributed by atoms with Gasteiger partial charge in [0.15, 0.2) is 0 Å². The summed E-state index contributed by atoms with van der Waals surface area (Å²) in [7, 11) is 0.